The lowest BCUT2D eigenvalue weighted by atomic mass is 10.2. The number of anilines is 1. The molecule has 0 atom stereocenters. The molecule has 1 amide bonds. The summed E-state index contributed by atoms with van der Waals surface area (Å²) in [5, 5.41) is 3.74. The molecule has 0 aliphatic carbocycles. The Bertz CT molecular complexity index is 1100. The molecule has 0 saturated carbocycles. The molecule has 0 fully saturated rings. The smallest absolute Gasteiger partial charge is 0.271 e. The summed E-state index contributed by atoms with van der Waals surface area (Å²) >= 11 is 1.41. The highest BCUT2D eigenvalue weighted by atomic mass is 32.1. The summed E-state index contributed by atoms with van der Waals surface area (Å²) in [5.74, 6) is -0.259. The molecule has 0 aliphatic rings. The topological polar surface area (TPSA) is 64.0 Å². The third kappa shape index (κ3) is 2.57. The largest absolute Gasteiger partial charge is 0.325 e. The number of amides is 1. The summed E-state index contributed by atoms with van der Waals surface area (Å²) in [4.78, 5) is 29.2. The van der Waals surface area contributed by atoms with Crippen LogP contribution in [-0.4, -0.2) is 15.5 Å². The number of carbonyl (C=O) groups is 1. The Morgan fingerprint density at radius 2 is 1.83 bits per heavy atom. The minimum Gasteiger partial charge on any atom is -0.325 e. The van der Waals surface area contributed by atoms with E-state index in [4.69, 9.17) is 0 Å². The van der Waals surface area contributed by atoms with Gasteiger partial charge >= 0.3 is 0 Å². The summed E-state index contributed by atoms with van der Waals surface area (Å²) < 4.78 is 2.94. The van der Waals surface area contributed by atoms with E-state index in [2.05, 4.69) is 10.3 Å². The molecule has 6 heteroatoms. The zero-order valence-electron chi connectivity index (χ0n) is 12.6. The second-order valence-corrected chi connectivity index (χ2v) is 6.42. The number of hydrogen-bond donors (Lipinski definition) is 1. The SMILES string of the molecule is O=C(Cn1cnc2c(sc3ccccc32)c1=O)Nc1ccccc1. The van der Waals surface area contributed by atoms with Crippen LogP contribution in [0.5, 0.6) is 0 Å². The van der Waals surface area contributed by atoms with Gasteiger partial charge in [0, 0.05) is 15.8 Å². The van der Waals surface area contributed by atoms with Crippen LogP contribution in [0.15, 0.2) is 65.7 Å². The van der Waals surface area contributed by atoms with E-state index in [0.29, 0.717) is 15.9 Å². The van der Waals surface area contributed by atoms with Gasteiger partial charge in [-0.15, -0.1) is 11.3 Å². The number of rotatable bonds is 3. The molecule has 5 nitrogen and oxygen atoms in total. The van der Waals surface area contributed by atoms with E-state index in [-0.39, 0.29) is 18.0 Å². The van der Waals surface area contributed by atoms with Gasteiger partial charge in [-0.3, -0.25) is 14.2 Å². The molecule has 1 N–H and O–H groups in total. The van der Waals surface area contributed by atoms with Gasteiger partial charge in [0.15, 0.2) is 0 Å². The Morgan fingerprint density at radius 3 is 2.67 bits per heavy atom. The maximum absolute atomic E-state index is 12.6. The van der Waals surface area contributed by atoms with Crippen LogP contribution >= 0.6 is 11.3 Å². The fraction of sp³-hybridized carbons (Fsp3) is 0.0556. The Hall–Kier alpha value is -2.99. The molecular weight excluding hydrogens is 322 g/mol. The van der Waals surface area contributed by atoms with Crippen molar-refractivity contribution >= 4 is 43.2 Å². The van der Waals surface area contributed by atoms with Crippen molar-refractivity contribution in [3.8, 4) is 0 Å². The van der Waals surface area contributed by atoms with Crippen molar-refractivity contribution in [3.63, 3.8) is 0 Å². The number of hydrogen-bond acceptors (Lipinski definition) is 4. The molecule has 0 aliphatic heterocycles. The fourth-order valence-electron chi connectivity index (χ4n) is 2.60. The number of para-hydroxylation sites is 1. The van der Waals surface area contributed by atoms with E-state index in [1.54, 1.807) is 12.1 Å². The highest BCUT2D eigenvalue weighted by molar-refractivity contribution is 7.25. The molecule has 4 aromatic rings. The highest BCUT2D eigenvalue weighted by Gasteiger charge is 2.12. The average molecular weight is 335 g/mol. The Morgan fingerprint density at radius 1 is 1.08 bits per heavy atom. The van der Waals surface area contributed by atoms with Crippen molar-refractivity contribution in [2.24, 2.45) is 0 Å². The first kappa shape index (κ1) is 14.6. The average Bonchev–Trinajstić information content (AvgIpc) is 2.98. The quantitative estimate of drug-likeness (QED) is 0.625. The monoisotopic (exact) mass is 335 g/mol. The molecule has 0 radical (unpaired) electrons. The second kappa shape index (κ2) is 5.90. The van der Waals surface area contributed by atoms with Crippen molar-refractivity contribution in [3.05, 3.63) is 71.3 Å². The number of nitrogens with one attached hydrogen (secondary N) is 1. The van der Waals surface area contributed by atoms with Crippen molar-refractivity contribution in [2.75, 3.05) is 5.32 Å². The Kier molecular flexibility index (Phi) is 3.59. The van der Waals surface area contributed by atoms with E-state index >= 15 is 0 Å². The first-order valence-electron chi connectivity index (χ1n) is 7.44. The Balaban J connectivity index is 1.67. The van der Waals surface area contributed by atoms with Crippen LogP contribution < -0.4 is 10.9 Å². The third-order valence-corrected chi connectivity index (χ3v) is 4.87. The number of aromatic nitrogens is 2. The van der Waals surface area contributed by atoms with E-state index in [1.807, 2.05) is 42.5 Å². The molecule has 0 saturated heterocycles. The molecular formula is C18H13N3O2S. The van der Waals surface area contributed by atoms with Crippen LogP contribution in [0.3, 0.4) is 0 Å². The predicted molar refractivity (Wildman–Crippen MR) is 96.5 cm³/mol. The summed E-state index contributed by atoms with van der Waals surface area (Å²) in [5.41, 5.74) is 1.20. The summed E-state index contributed by atoms with van der Waals surface area (Å²) in [6, 6.07) is 16.9. The minimum atomic E-state index is -0.259. The molecule has 0 unspecified atom stereocenters. The molecule has 0 spiro atoms. The summed E-state index contributed by atoms with van der Waals surface area (Å²) in [6.45, 7) is -0.0646. The number of thiophene rings is 1. The van der Waals surface area contributed by atoms with Crippen LogP contribution in [-0.2, 0) is 11.3 Å². The van der Waals surface area contributed by atoms with Crippen LogP contribution in [0.25, 0.3) is 20.3 Å². The summed E-state index contributed by atoms with van der Waals surface area (Å²) in [6.07, 6.45) is 1.44. The van der Waals surface area contributed by atoms with Crippen molar-refractivity contribution in [1.29, 1.82) is 0 Å². The van der Waals surface area contributed by atoms with E-state index in [1.165, 1.54) is 22.2 Å². The lowest BCUT2D eigenvalue weighted by Crippen LogP contribution is -2.27. The second-order valence-electron chi connectivity index (χ2n) is 5.37. The fourth-order valence-corrected chi connectivity index (χ4v) is 3.71. The minimum absolute atomic E-state index is 0.0646. The van der Waals surface area contributed by atoms with E-state index in [9.17, 15) is 9.59 Å². The number of carbonyl (C=O) groups excluding carboxylic acids is 1. The van der Waals surface area contributed by atoms with Gasteiger partial charge < -0.3 is 5.32 Å². The highest BCUT2D eigenvalue weighted by Crippen LogP contribution is 2.29. The number of benzene rings is 2. The van der Waals surface area contributed by atoms with E-state index in [0.717, 1.165) is 10.1 Å². The molecule has 0 bridgehead atoms. The van der Waals surface area contributed by atoms with Crippen LogP contribution in [0.4, 0.5) is 5.69 Å². The van der Waals surface area contributed by atoms with Gasteiger partial charge in [0.1, 0.15) is 11.2 Å². The number of fused-ring (bicyclic) bond motifs is 3. The molecule has 2 aromatic carbocycles. The lowest BCUT2D eigenvalue weighted by molar-refractivity contribution is -0.116. The first-order chi connectivity index (χ1) is 11.7. The molecule has 118 valence electrons. The van der Waals surface area contributed by atoms with Gasteiger partial charge in [-0.2, -0.15) is 0 Å². The number of nitrogens with zero attached hydrogens (tertiary/aromatic N) is 2. The van der Waals surface area contributed by atoms with Crippen molar-refractivity contribution in [2.45, 2.75) is 6.54 Å². The van der Waals surface area contributed by atoms with Gasteiger partial charge in [0.2, 0.25) is 5.91 Å². The maximum Gasteiger partial charge on any atom is 0.271 e. The van der Waals surface area contributed by atoms with Gasteiger partial charge in [-0.05, 0) is 18.2 Å². The maximum atomic E-state index is 12.6. The normalized spacial score (nSPS) is 11.0. The first-order valence-corrected chi connectivity index (χ1v) is 8.25. The van der Waals surface area contributed by atoms with Crippen molar-refractivity contribution in [1.82, 2.24) is 9.55 Å². The molecule has 24 heavy (non-hydrogen) atoms. The van der Waals surface area contributed by atoms with Gasteiger partial charge in [0.25, 0.3) is 5.56 Å². The molecule has 4 rings (SSSR count). The van der Waals surface area contributed by atoms with Gasteiger partial charge in [-0.25, -0.2) is 4.98 Å². The van der Waals surface area contributed by atoms with Crippen LogP contribution in [0.1, 0.15) is 0 Å². The van der Waals surface area contributed by atoms with Gasteiger partial charge in [0.05, 0.1) is 11.8 Å². The summed E-state index contributed by atoms with van der Waals surface area (Å²) in [7, 11) is 0. The molecule has 2 heterocycles. The zero-order chi connectivity index (χ0) is 16.5. The lowest BCUT2D eigenvalue weighted by Gasteiger charge is -2.07. The van der Waals surface area contributed by atoms with Crippen LogP contribution in [0, 0.1) is 0 Å². The standard InChI is InChI=1S/C18H13N3O2S/c22-15(20-12-6-2-1-3-7-12)10-21-11-19-16-13-8-4-5-9-14(13)24-17(16)18(21)23/h1-9,11H,10H2,(H,20,22). The van der Waals surface area contributed by atoms with E-state index < -0.39 is 0 Å². The third-order valence-electron chi connectivity index (χ3n) is 3.72. The van der Waals surface area contributed by atoms with Crippen molar-refractivity contribution < 1.29 is 4.79 Å². The molecule has 2 aromatic heterocycles. The Labute approximate surface area is 141 Å². The predicted octanol–water partition coefficient (Wildman–Crippen LogP) is 3.25. The van der Waals surface area contributed by atoms with Gasteiger partial charge in [-0.1, -0.05) is 36.4 Å². The zero-order valence-corrected chi connectivity index (χ0v) is 13.4. The van der Waals surface area contributed by atoms with Crippen LogP contribution in [0.2, 0.25) is 0 Å².